The second-order valence-electron chi connectivity index (χ2n) is 8.20. The molecule has 0 aliphatic carbocycles. The Labute approximate surface area is 211 Å². The summed E-state index contributed by atoms with van der Waals surface area (Å²) in [6.45, 7) is 3.18. The van der Waals surface area contributed by atoms with Crippen LogP contribution in [-0.4, -0.2) is 48.0 Å². The third-order valence-corrected chi connectivity index (χ3v) is 5.83. The van der Waals surface area contributed by atoms with E-state index in [1.165, 1.54) is 0 Å². The molecular formula is C29H31N3O4. The molecule has 0 unspecified atom stereocenters. The molecule has 186 valence electrons. The first-order valence-corrected chi connectivity index (χ1v) is 12.0. The van der Waals surface area contributed by atoms with Crippen molar-refractivity contribution in [3.8, 4) is 23.1 Å². The molecule has 0 bridgehead atoms. The highest BCUT2D eigenvalue weighted by atomic mass is 16.5. The zero-order chi connectivity index (χ0) is 25.3. The largest absolute Gasteiger partial charge is 0.497 e. The van der Waals surface area contributed by atoms with Crippen LogP contribution in [0.25, 0.3) is 5.69 Å². The lowest BCUT2D eigenvalue weighted by Gasteiger charge is -2.23. The fraction of sp³-hybridized carbons (Fsp3) is 0.241. The number of hydrogen-bond acceptors (Lipinski definition) is 5. The summed E-state index contributed by atoms with van der Waals surface area (Å²) in [5.74, 6) is 1.80. The average molecular weight is 486 g/mol. The number of ether oxygens (including phenoxy) is 3. The van der Waals surface area contributed by atoms with Crippen molar-refractivity contribution in [1.82, 2.24) is 14.7 Å². The summed E-state index contributed by atoms with van der Waals surface area (Å²) in [6.07, 6.45) is 0.686. The van der Waals surface area contributed by atoms with Gasteiger partial charge in [0.15, 0.2) is 0 Å². The Morgan fingerprint density at radius 3 is 2.28 bits per heavy atom. The zero-order valence-electron chi connectivity index (χ0n) is 20.9. The molecular weight excluding hydrogens is 454 g/mol. The fourth-order valence-electron chi connectivity index (χ4n) is 3.95. The number of carbonyl (C=O) groups is 1. The number of aromatic nitrogens is 2. The first-order valence-electron chi connectivity index (χ1n) is 12.0. The van der Waals surface area contributed by atoms with Gasteiger partial charge in [0, 0.05) is 19.2 Å². The van der Waals surface area contributed by atoms with Gasteiger partial charge in [-0.3, -0.25) is 4.79 Å². The van der Waals surface area contributed by atoms with Crippen molar-refractivity contribution in [2.75, 3.05) is 27.4 Å². The van der Waals surface area contributed by atoms with Gasteiger partial charge in [-0.15, -0.1) is 0 Å². The maximum absolute atomic E-state index is 13.6. The summed E-state index contributed by atoms with van der Waals surface area (Å²) in [5, 5.41) is 4.89. The van der Waals surface area contributed by atoms with Gasteiger partial charge in [-0.25, -0.2) is 4.68 Å². The summed E-state index contributed by atoms with van der Waals surface area (Å²) in [6, 6.07) is 26.6. The van der Waals surface area contributed by atoms with E-state index in [4.69, 9.17) is 19.3 Å². The maximum atomic E-state index is 13.6. The van der Waals surface area contributed by atoms with Gasteiger partial charge >= 0.3 is 0 Å². The smallest absolute Gasteiger partial charge is 0.254 e. The standard InChI is InChI=1S/C29H31N3O4/c1-4-27-26(21-31(18-19-34-2)28(33)22-12-11-17-25(20-22)35-3)29(36-24-15-9-6-10-16-24)32(30-27)23-13-7-5-8-14-23/h5-17,20H,4,18-19,21H2,1-3H3. The summed E-state index contributed by atoms with van der Waals surface area (Å²) < 4.78 is 18.9. The number of hydrogen-bond donors (Lipinski definition) is 0. The molecule has 7 nitrogen and oxygen atoms in total. The molecule has 0 aliphatic heterocycles. The predicted octanol–water partition coefficient (Wildman–Crippen LogP) is 5.52. The summed E-state index contributed by atoms with van der Waals surface area (Å²) in [4.78, 5) is 15.4. The Kier molecular flexibility index (Phi) is 8.36. The Hall–Kier alpha value is -4.10. The van der Waals surface area contributed by atoms with Gasteiger partial charge < -0.3 is 19.1 Å². The first kappa shape index (κ1) is 25.0. The van der Waals surface area contributed by atoms with Crippen LogP contribution >= 0.6 is 0 Å². The highest BCUT2D eigenvalue weighted by molar-refractivity contribution is 5.94. The molecule has 1 aromatic heterocycles. The van der Waals surface area contributed by atoms with Crippen molar-refractivity contribution in [2.45, 2.75) is 19.9 Å². The van der Waals surface area contributed by atoms with Crippen LogP contribution in [0.4, 0.5) is 0 Å². The van der Waals surface area contributed by atoms with Crippen LogP contribution in [0, 0.1) is 0 Å². The van der Waals surface area contributed by atoms with Crippen LogP contribution < -0.4 is 9.47 Å². The molecule has 36 heavy (non-hydrogen) atoms. The summed E-state index contributed by atoms with van der Waals surface area (Å²) in [7, 11) is 3.22. The Balaban J connectivity index is 1.77. The lowest BCUT2D eigenvalue weighted by atomic mass is 10.1. The number of nitrogens with zero attached hydrogens (tertiary/aromatic N) is 3. The van der Waals surface area contributed by atoms with Gasteiger partial charge in [-0.1, -0.05) is 49.4 Å². The molecule has 0 N–H and O–H groups in total. The van der Waals surface area contributed by atoms with Crippen LogP contribution in [0.15, 0.2) is 84.9 Å². The van der Waals surface area contributed by atoms with E-state index in [1.54, 1.807) is 31.3 Å². The molecule has 0 aliphatic rings. The zero-order valence-corrected chi connectivity index (χ0v) is 20.9. The van der Waals surface area contributed by atoms with Crippen LogP contribution in [0.1, 0.15) is 28.5 Å². The van der Waals surface area contributed by atoms with Crippen LogP contribution in [-0.2, 0) is 17.7 Å². The molecule has 3 aromatic carbocycles. The van der Waals surface area contributed by atoms with Gasteiger partial charge in [-0.05, 0) is 48.9 Å². The van der Waals surface area contributed by atoms with E-state index < -0.39 is 0 Å². The maximum Gasteiger partial charge on any atom is 0.254 e. The van der Waals surface area contributed by atoms with E-state index in [9.17, 15) is 4.79 Å². The van der Waals surface area contributed by atoms with Gasteiger partial charge in [0.25, 0.3) is 5.91 Å². The monoisotopic (exact) mass is 485 g/mol. The van der Waals surface area contributed by atoms with Crippen LogP contribution in [0.5, 0.6) is 17.4 Å². The summed E-state index contributed by atoms with van der Waals surface area (Å²) in [5.41, 5.74) is 3.15. The first-order chi connectivity index (χ1) is 17.6. The van der Waals surface area contributed by atoms with E-state index in [2.05, 4.69) is 6.92 Å². The Morgan fingerprint density at radius 1 is 0.917 bits per heavy atom. The van der Waals surface area contributed by atoms with E-state index in [0.29, 0.717) is 49.1 Å². The molecule has 0 spiro atoms. The van der Waals surface area contributed by atoms with Crippen LogP contribution in [0.3, 0.4) is 0 Å². The van der Waals surface area contributed by atoms with Crippen molar-refractivity contribution in [1.29, 1.82) is 0 Å². The highest BCUT2D eigenvalue weighted by Crippen LogP contribution is 2.32. The quantitative estimate of drug-likeness (QED) is 0.280. The van der Waals surface area contributed by atoms with Crippen molar-refractivity contribution in [3.05, 3.63) is 102 Å². The number of carbonyl (C=O) groups excluding carboxylic acids is 1. The second-order valence-corrected chi connectivity index (χ2v) is 8.20. The minimum Gasteiger partial charge on any atom is -0.497 e. The number of methoxy groups -OCH3 is 2. The Bertz CT molecular complexity index is 1270. The lowest BCUT2D eigenvalue weighted by molar-refractivity contribution is 0.0678. The molecule has 0 atom stereocenters. The van der Waals surface area contributed by atoms with Gasteiger partial charge in [0.1, 0.15) is 11.5 Å². The van der Waals surface area contributed by atoms with Gasteiger partial charge in [0.05, 0.1) is 37.2 Å². The highest BCUT2D eigenvalue weighted by Gasteiger charge is 2.25. The molecule has 7 heteroatoms. The number of para-hydroxylation sites is 2. The van der Waals surface area contributed by atoms with Crippen molar-refractivity contribution >= 4 is 5.91 Å². The van der Waals surface area contributed by atoms with E-state index in [-0.39, 0.29) is 5.91 Å². The minimum atomic E-state index is -0.119. The van der Waals surface area contributed by atoms with Crippen LogP contribution in [0.2, 0.25) is 0 Å². The van der Waals surface area contributed by atoms with Crippen molar-refractivity contribution < 1.29 is 19.0 Å². The van der Waals surface area contributed by atoms with E-state index in [0.717, 1.165) is 16.9 Å². The molecule has 0 saturated carbocycles. The predicted molar refractivity (Wildman–Crippen MR) is 139 cm³/mol. The number of benzene rings is 3. The number of rotatable bonds is 11. The third kappa shape index (κ3) is 5.75. The molecule has 1 amide bonds. The van der Waals surface area contributed by atoms with Crippen molar-refractivity contribution in [2.24, 2.45) is 0 Å². The molecule has 0 fully saturated rings. The molecule has 4 rings (SSSR count). The number of amides is 1. The minimum absolute atomic E-state index is 0.119. The third-order valence-electron chi connectivity index (χ3n) is 5.83. The molecule has 4 aromatic rings. The SMILES string of the molecule is CCc1nn(-c2ccccc2)c(Oc2ccccc2)c1CN(CCOC)C(=O)c1cccc(OC)c1. The average Bonchev–Trinajstić information content (AvgIpc) is 3.28. The second kappa shape index (κ2) is 12.0. The Morgan fingerprint density at radius 2 is 1.61 bits per heavy atom. The normalized spacial score (nSPS) is 10.8. The molecule has 0 saturated heterocycles. The topological polar surface area (TPSA) is 65.8 Å². The summed E-state index contributed by atoms with van der Waals surface area (Å²) >= 11 is 0. The lowest BCUT2D eigenvalue weighted by Crippen LogP contribution is -2.33. The van der Waals surface area contributed by atoms with Crippen molar-refractivity contribution in [3.63, 3.8) is 0 Å². The van der Waals surface area contributed by atoms with E-state index >= 15 is 0 Å². The van der Waals surface area contributed by atoms with Gasteiger partial charge in [0.2, 0.25) is 5.88 Å². The van der Waals surface area contributed by atoms with Gasteiger partial charge in [-0.2, -0.15) is 5.10 Å². The number of aryl methyl sites for hydroxylation is 1. The molecule has 1 heterocycles. The van der Waals surface area contributed by atoms with E-state index in [1.807, 2.05) is 77.5 Å². The molecule has 0 radical (unpaired) electrons. The fourth-order valence-corrected chi connectivity index (χ4v) is 3.95.